The molecule has 1 saturated heterocycles. The van der Waals surface area contributed by atoms with Crippen LogP contribution in [0.4, 0.5) is 4.79 Å². The van der Waals surface area contributed by atoms with Gasteiger partial charge in [-0.05, 0) is 40.4 Å². The van der Waals surface area contributed by atoms with Crippen LogP contribution < -0.4 is 0 Å². The van der Waals surface area contributed by atoms with Crippen LogP contribution in [0.3, 0.4) is 0 Å². The number of methoxy groups -OCH3 is 1. The summed E-state index contributed by atoms with van der Waals surface area (Å²) in [6.45, 7) is 11.1. The molecule has 1 rings (SSSR count). The van der Waals surface area contributed by atoms with E-state index in [-0.39, 0.29) is 13.0 Å². The van der Waals surface area contributed by atoms with E-state index in [1.807, 2.05) is 19.6 Å². The van der Waals surface area contributed by atoms with Crippen molar-refractivity contribution in [3.05, 3.63) is 0 Å². The summed E-state index contributed by atoms with van der Waals surface area (Å²) in [6, 6.07) is 1.26. The lowest BCUT2D eigenvalue weighted by Crippen LogP contribution is -2.46. The number of amides is 1. The first-order valence-electron chi connectivity index (χ1n) is 7.51. The van der Waals surface area contributed by atoms with Crippen molar-refractivity contribution >= 4 is 20.4 Å². The molecule has 1 aliphatic heterocycles. The van der Waals surface area contributed by atoms with Crippen molar-refractivity contribution in [2.75, 3.05) is 13.7 Å². The van der Waals surface area contributed by atoms with Gasteiger partial charge < -0.3 is 13.9 Å². The molecule has 0 aromatic rings. The lowest BCUT2D eigenvalue weighted by molar-refractivity contribution is -0.145. The van der Waals surface area contributed by atoms with Crippen LogP contribution >= 0.6 is 0 Å². The van der Waals surface area contributed by atoms with Crippen molar-refractivity contribution in [3.63, 3.8) is 0 Å². The monoisotopic (exact) mass is 342 g/mol. The number of hydrogen-bond acceptors (Lipinski definition) is 6. The van der Waals surface area contributed by atoms with Gasteiger partial charge in [0.25, 0.3) is 0 Å². The van der Waals surface area contributed by atoms with E-state index in [0.717, 1.165) is 0 Å². The van der Waals surface area contributed by atoms with Gasteiger partial charge in [-0.15, -0.1) is 0 Å². The number of carbonyl (C=O) groups excluding carboxylic acids is 2. The van der Waals surface area contributed by atoms with E-state index in [9.17, 15) is 14.9 Å². The summed E-state index contributed by atoms with van der Waals surface area (Å²) in [6.07, 6.45) is -0.566. The number of likely N-dealkylation sites (tertiary alicyclic amines) is 1. The van der Waals surface area contributed by atoms with Gasteiger partial charge in [0.15, 0.2) is 13.9 Å². The van der Waals surface area contributed by atoms with Crippen LogP contribution in [0.2, 0.25) is 19.6 Å². The Labute approximate surface area is 138 Å². The summed E-state index contributed by atoms with van der Waals surface area (Å²) < 4.78 is 16.1. The second-order valence-corrected chi connectivity index (χ2v) is 12.1. The van der Waals surface area contributed by atoms with E-state index in [1.165, 1.54) is 12.0 Å². The highest BCUT2D eigenvalue weighted by Gasteiger charge is 2.53. The van der Waals surface area contributed by atoms with Crippen LogP contribution in [0, 0.1) is 11.3 Å². The predicted octanol–water partition coefficient (Wildman–Crippen LogP) is 2.28. The van der Waals surface area contributed by atoms with Gasteiger partial charge in [0, 0.05) is 6.42 Å². The van der Waals surface area contributed by atoms with Crippen LogP contribution in [0.1, 0.15) is 27.2 Å². The second kappa shape index (κ2) is 6.49. The third-order valence-corrected chi connectivity index (χ3v) is 4.13. The highest BCUT2D eigenvalue weighted by atomic mass is 28.4. The van der Waals surface area contributed by atoms with E-state index in [0.29, 0.717) is 0 Å². The summed E-state index contributed by atoms with van der Waals surface area (Å²) in [7, 11) is -0.803. The first-order chi connectivity index (χ1) is 10.3. The Bertz CT molecular complexity index is 517. The largest absolute Gasteiger partial charge is 0.467 e. The molecule has 23 heavy (non-hydrogen) atoms. The maximum Gasteiger partial charge on any atom is 0.411 e. The fourth-order valence-corrected chi connectivity index (χ4v) is 3.86. The molecule has 2 atom stereocenters. The zero-order chi connectivity index (χ0) is 18.1. The first kappa shape index (κ1) is 19.5. The Morgan fingerprint density at radius 3 is 2.26 bits per heavy atom. The molecule has 1 aliphatic rings. The maximum absolute atomic E-state index is 12.4. The highest BCUT2D eigenvalue weighted by molar-refractivity contribution is 6.69. The van der Waals surface area contributed by atoms with Gasteiger partial charge >= 0.3 is 12.1 Å². The molecule has 0 aromatic heterocycles. The van der Waals surface area contributed by atoms with Crippen molar-refractivity contribution in [3.8, 4) is 6.07 Å². The number of esters is 1. The molecule has 1 unspecified atom stereocenters. The van der Waals surface area contributed by atoms with Crippen molar-refractivity contribution in [1.82, 2.24) is 4.90 Å². The zero-order valence-electron chi connectivity index (χ0n) is 14.9. The summed E-state index contributed by atoms with van der Waals surface area (Å²) >= 11 is 0. The molecule has 0 N–H and O–H groups in total. The van der Waals surface area contributed by atoms with Crippen molar-refractivity contribution in [1.29, 1.82) is 5.26 Å². The number of carbonyl (C=O) groups is 2. The molecule has 0 radical (unpaired) electrons. The average molecular weight is 342 g/mol. The number of hydrogen-bond donors (Lipinski definition) is 0. The molecule has 0 spiro atoms. The first-order valence-corrected chi connectivity index (χ1v) is 10.9. The molecule has 1 amide bonds. The van der Waals surface area contributed by atoms with Crippen LogP contribution in [-0.4, -0.2) is 56.2 Å². The van der Waals surface area contributed by atoms with Crippen molar-refractivity contribution < 1.29 is 23.5 Å². The topological polar surface area (TPSA) is 88.9 Å². The fraction of sp³-hybridized carbons (Fsp3) is 0.800. The third kappa shape index (κ3) is 5.22. The molecule has 130 valence electrons. The number of ether oxygens (including phenoxy) is 2. The Kier molecular flexibility index (Phi) is 5.49. The van der Waals surface area contributed by atoms with E-state index < -0.39 is 37.6 Å². The number of nitrogens with zero attached hydrogens (tertiary/aromatic N) is 2. The fourth-order valence-electron chi connectivity index (χ4n) is 2.50. The number of rotatable bonds is 3. The minimum absolute atomic E-state index is 0.0115. The highest BCUT2D eigenvalue weighted by Crippen LogP contribution is 2.34. The quantitative estimate of drug-likeness (QED) is 0.577. The van der Waals surface area contributed by atoms with Gasteiger partial charge in [0.2, 0.25) is 0 Å². The molecule has 1 heterocycles. The molecule has 0 bridgehead atoms. The summed E-state index contributed by atoms with van der Waals surface area (Å²) in [4.78, 5) is 25.7. The van der Waals surface area contributed by atoms with Crippen LogP contribution in [0.5, 0.6) is 0 Å². The van der Waals surface area contributed by atoms with Crippen LogP contribution in [-0.2, 0) is 18.7 Å². The normalized spacial score (nSPS) is 25.0. The SMILES string of the molecule is COC(=O)[C@@H]1CC(C#N)(O[Si](C)(C)C)CN1C(=O)OC(C)(C)C. The van der Waals surface area contributed by atoms with E-state index in [2.05, 4.69) is 6.07 Å². The van der Waals surface area contributed by atoms with Gasteiger partial charge in [-0.1, -0.05) is 0 Å². The van der Waals surface area contributed by atoms with Gasteiger partial charge in [-0.3, -0.25) is 4.90 Å². The third-order valence-electron chi connectivity index (χ3n) is 3.13. The average Bonchev–Trinajstić information content (AvgIpc) is 2.74. The molecule has 0 saturated carbocycles. The van der Waals surface area contributed by atoms with Crippen molar-refractivity contribution in [2.24, 2.45) is 0 Å². The minimum atomic E-state index is -2.05. The predicted molar refractivity (Wildman–Crippen MR) is 86.1 cm³/mol. The van der Waals surface area contributed by atoms with Gasteiger partial charge in [0.05, 0.1) is 19.7 Å². The Morgan fingerprint density at radius 1 is 1.30 bits per heavy atom. The zero-order valence-corrected chi connectivity index (χ0v) is 15.9. The van der Waals surface area contributed by atoms with E-state index in [1.54, 1.807) is 20.8 Å². The molecule has 0 aliphatic carbocycles. The Morgan fingerprint density at radius 2 is 1.87 bits per heavy atom. The molecular formula is C15H26N2O5Si. The summed E-state index contributed by atoms with van der Waals surface area (Å²) in [5, 5.41) is 9.60. The maximum atomic E-state index is 12.4. The van der Waals surface area contributed by atoms with Crippen molar-refractivity contribution in [2.45, 2.75) is 64.1 Å². The summed E-state index contributed by atoms with van der Waals surface area (Å²) in [5.41, 5.74) is -1.91. The second-order valence-electron chi connectivity index (χ2n) is 7.67. The lowest BCUT2D eigenvalue weighted by atomic mass is 10.0. The molecule has 1 fully saturated rings. The molecule has 0 aromatic carbocycles. The lowest BCUT2D eigenvalue weighted by Gasteiger charge is -2.30. The van der Waals surface area contributed by atoms with Gasteiger partial charge in [0.1, 0.15) is 11.6 Å². The Balaban J connectivity index is 3.10. The van der Waals surface area contributed by atoms with Crippen LogP contribution in [0.25, 0.3) is 0 Å². The standard InChI is InChI=1S/C15H26N2O5Si/c1-14(2,3)21-13(19)17-10-15(9-16,22-23(5,6)7)8-11(17)12(18)20-4/h11H,8,10H2,1-7H3/t11-,15?/m0/s1. The molecular weight excluding hydrogens is 316 g/mol. The summed E-state index contributed by atoms with van der Waals surface area (Å²) in [5.74, 6) is -0.577. The van der Waals surface area contributed by atoms with Crippen LogP contribution in [0.15, 0.2) is 0 Å². The van der Waals surface area contributed by atoms with E-state index >= 15 is 0 Å². The number of nitriles is 1. The smallest absolute Gasteiger partial charge is 0.411 e. The van der Waals surface area contributed by atoms with E-state index in [4.69, 9.17) is 13.9 Å². The van der Waals surface area contributed by atoms with Gasteiger partial charge in [-0.25, -0.2) is 9.59 Å². The minimum Gasteiger partial charge on any atom is -0.467 e. The Hall–Kier alpha value is -1.59. The molecule has 8 heteroatoms. The molecule has 7 nitrogen and oxygen atoms in total. The van der Waals surface area contributed by atoms with Gasteiger partial charge in [-0.2, -0.15) is 5.26 Å².